The van der Waals surface area contributed by atoms with E-state index in [2.05, 4.69) is 0 Å². The molecule has 0 saturated carbocycles. The summed E-state index contributed by atoms with van der Waals surface area (Å²) in [6, 6.07) is 0. The smallest absolute Gasteiger partial charge is 0.332 e. The third-order valence-corrected chi connectivity index (χ3v) is 13.8. The van der Waals surface area contributed by atoms with Crippen LogP contribution in [0.3, 0.4) is 0 Å². The first-order chi connectivity index (χ1) is 34.8. The van der Waals surface area contributed by atoms with E-state index in [9.17, 15) is 96.7 Å². The van der Waals surface area contributed by atoms with Gasteiger partial charge in [-0.15, -0.1) is 0 Å². The lowest BCUT2D eigenvalue weighted by molar-refractivity contribution is -0.405. The highest BCUT2D eigenvalue weighted by molar-refractivity contribution is 5.72. The lowest BCUT2D eigenvalue weighted by atomic mass is 9.94. The Labute approximate surface area is 413 Å². The zero-order valence-electron chi connectivity index (χ0n) is 38.8. The van der Waals surface area contributed by atoms with Crippen molar-refractivity contribution in [3.63, 3.8) is 0 Å². The first kappa shape index (κ1) is 58.9. The summed E-state index contributed by atoms with van der Waals surface area (Å²) < 4.78 is 74.9. The molecule has 31 atom stereocenters. The number of aliphatic hydroxyl groups is 17. The Kier molecular flexibility index (Phi) is 20.5. The predicted molar refractivity (Wildman–Crippen MR) is 221 cm³/mol. The van der Waals surface area contributed by atoms with E-state index in [0.717, 1.165) is 0 Å². The average molecular weight is 1070 g/mol. The molecule has 0 aromatic rings. The molecule has 0 aliphatic carbocycles. The molecule has 22 aliphatic rings. The molecule has 22 heterocycles. The first-order valence-corrected chi connectivity index (χ1v) is 23.6. The van der Waals surface area contributed by atoms with Gasteiger partial charge in [0.1, 0.15) is 146 Å². The minimum Gasteiger partial charge on any atom is -0.479 e. The second-order valence-corrected chi connectivity index (χ2v) is 18.6. The fourth-order valence-electron chi connectivity index (χ4n) is 9.77. The maximum atomic E-state index is 12.4. The number of hydrogen-bond donors (Lipinski definition) is 18. The number of hydrogen-bond acceptors (Lipinski definition) is 31. The molecule has 0 amide bonds. The van der Waals surface area contributed by atoms with Gasteiger partial charge >= 0.3 is 5.97 Å². The molecule has 22 saturated heterocycles. The Morgan fingerprint density at radius 2 is 0.575 bits per heavy atom. The Hall–Kier alpha value is -1.73. The normalized spacial score (nSPS) is 51.6. The molecular formula is C41H68O32. The van der Waals surface area contributed by atoms with Crippen molar-refractivity contribution in [1.82, 2.24) is 0 Å². The van der Waals surface area contributed by atoms with Gasteiger partial charge in [-0.25, -0.2) is 4.79 Å². The van der Waals surface area contributed by atoms with Crippen LogP contribution >= 0.6 is 0 Å². The van der Waals surface area contributed by atoms with Gasteiger partial charge in [-0.3, -0.25) is 0 Å². The van der Waals surface area contributed by atoms with Gasteiger partial charge < -0.3 is 153 Å². The Balaban J connectivity index is 1.24. The van der Waals surface area contributed by atoms with E-state index >= 15 is 0 Å². The van der Waals surface area contributed by atoms with Gasteiger partial charge in [0.2, 0.25) is 0 Å². The fraction of sp³-hybridized carbons (Fsp3) is 0.976. The number of rotatable bonds is 11. The topological polar surface area (TPSA) is 501 Å². The van der Waals surface area contributed by atoms with Gasteiger partial charge in [0.25, 0.3) is 0 Å². The SMILES string of the molecule is CCCC(O[C@@H]1[C@@H](O)[C@H]2O[C@H]3[C@H](O)[C@@H](O)[C@@H](O[C@H]4[C@H](O)[C@@H](O)[C@@H](O[C@H]5[C@H](O)[C@@H](O)[C@@H](O[C@H]6[C@H](O)[C@@H](O)[C@@H](O[C@H]7[C@H](O)[C@@H](O)[C@@H](O[C@H]1[C@@H](CO)O2)O[C@@H]7CO)O[C@@H]6CO)O[C@@H]5CO)O[C@@H]4CO)O[C@@H]3CO)C(=O)O. The summed E-state index contributed by atoms with van der Waals surface area (Å²) in [5.41, 5.74) is 0. The fourth-order valence-corrected chi connectivity index (χ4v) is 9.77. The van der Waals surface area contributed by atoms with Crippen LogP contribution in [0.1, 0.15) is 19.8 Å². The maximum absolute atomic E-state index is 12.4. The van der Waals surface area contributed by atoms with Crippen LogP contribution in [0.4, 0.5) is 0 Å². The maximum Gasteiger partial charge on any atom is 0.332 e. The molecule has 73 heavy (non-hydrogen) atoms. The van der Waals surface area contributed by atoms with Gasteiger partial charge in [-0.05, 0) is 6.42 Å². The lowest BCUT2D eigenvalue weighted by Gasteiger charge is -2.51. The monoisotopic (exact) mass is 1070 g/mol. The van der Waals surface area contributed by atoms with Crippen molar-refractivity contribution < 1.29 is 158 Å². The van der Waals surface area contributed by atoms with Crippen LogP contribution in [0.15, 0.2) is 0 Å². The average Bonchev–Trinajstić information content (AvgIpc) is 3.37. The lowest BCUT2D eigenvalue weighted by Crippen LogP contribution is -2.69. The van der Waals surface area contributed by atoms with Gasteiger partial charge in [0.15, 0.2) is 43.8 Å². The van der Waals surface area contributed by atoms with Gasteiger partial charge in [-0.1, -0.05) is 13.3 Å². The predicted octanol–water partition coefficient (Wildman–Crippen LogP) is -11.8. The highest BCUT2D eigenvalue weighted by atomic mass is 16.8. The molecule has 22 aliphatic heterocycles. The first-order valence-electron chi connectivity index (χ1n) is 23.6. The second kappa shape index (κ2) is 25.4. The Morgan fingerprint density at radius 3 is 0.795 bits per heavy atom. The molecule has 1 unspecified atom stereocenters. The third kappa shape index (κ3) is 12.0. The zero-order valence-corrected chi connectivity index (χ0v) is 38.8. The summed E-state index contributed by atoms with van der Waals surface area (Å²) >= 11 is 0. The van der Waals surface area contributed by atoms with Crippen molar-refractivity contribution in [2.45, 2.75) is 210 Å². The van der Waals surface area contributed by atoms with Crippen molar-refractivity contribution >= 4 is 5.97 Å². The Morgan fingerprint density at radius 1 is 0.356 bits per heavy atom. The highest BCUT2D eigenvalue weighted by Crippen LogP contribution is 2.39. The van der Waals surface area contributed by atoms with E-state index in [1.54, 1.807) is 6.92 Å². The molecule has 32 nitrogen and oxygen atoms in total. The zero-order chi connectivity index (χ0) is 53.3. The van der Waals surface area contributed by atoms with Crippen molar-refractivity contribution in [2.24, 2.45) is 0 Å². The summed E-state index contributed by atoms with van der Waals surface area (Å²) in [6.07, 6.45) is -61.4. The summed E-state index contributed by atoms with van der Waals surface area (Å²) in [5, 5.41) is 198. The summed E-state index contributed by atoms with van der Waals surface area (Å²) in [6.45, 7) is -4.61. The van der Waals surface area contributed by atoms with Crippen LogP contribution in [-0.2, 0) is 66.4 Å². The van der Waals surface area contributed by atoms with E-state index in [4.69, 9.17) is 61.6 Å². The van der Waals surface area contributed by atoms with Crippen molar-refractivity contribution in [3.05, 3.63) is 0 Å². The molecule has 32 heteroatoms. The number of carboxylic acid groups (broad SMARTS) is 1. The van der Waals surface area contributed by atoms with Gasteiger partial charge in [0, 0.05) is 0 Å². The molecule has 22 rings (SSSR count). The summed E-state index contributed by atoms with van der Waals surface area (Å²) in [4.78, 5) is 12.4. The quantitative estimate of drug-likeness (QED) is 0.0913. The summed E-state index contributed by atoms with van der Waals surface area (Å²) in [7, 11) is 0. The van der Waals surface area contributed by atoms with Crippen LogP contribution < -0.4 is 0 Å². The molecule has 0 aromatic heterocycles. The third-order valence-electron chi connectivity index (χ3n) is 13.8. The minimum atomic E-state index is -2.22. The minimum absolute atomic E-state index is 0.176. The molecule has 18 N–H and O–H groups in total. The van der Waals surface area contributed by atoms with Gasteiger partial charge in [-0.2, -0.15) is 0 Å². The summed E-state index contributed by atoms with van der Waals surface area (Å²) in [5.74, 6) is -1.53. The van der Waals surface area contributed by atoms with Crippen molar-refractivity contribution in [2.75, 3.05) is 39.6 Å². The largest absolute Gasteiger partial charge is 0.479 e. The van der Waals surface area contributed by atoms with E-state index < -0.39 is 236 Å². The molecule has 22 fully saturated rings. The molecule has 0 radical (unpaired) electrons. The second-order valence-electron chi connectivity index (χ2n) is 18.6. The molecule has 0 spiro atoms. The highest BCUT2D eigenvalue weighted by Gasteiger charge is 2.59. The van der Waals surface area contributed by atoms with Crippen LogP contribution in [0.2, 0.25) is 0 Å². The van der Waals surface area contributed by atoms with Crippen molar-refractivity contribution in [1.29, 1.82) is 0 Å². The number of aliphatic hydroxyl groups excluding tert-OH is 17. The number of aliphatic carboxylic acids is 1. The molecule has 424 valence electrons. The number of carbonyl (C=O) groups is 1. The van der Waals surface area contributed by atoms with E-state index in [1.165, 1.54) is 0 Å². The van der Waals surface area contributed by atoms with E-state index in [1.807, 2.05) is 0 Å². The standard InChI is InChI=1S/C41H68O32/c1-2-3-10(35(59)60)61-34-27(58)41-67-16(9-47)33(34)73-40-26(57)21(52)31(14(7-45)66-40)71-38-24(55)19(50)29(12(5-43)64-38)69-36-22(53)17(48)28(11(4-42)62-36)68-37-23(54)18(49)30(13(6-44)63-37)70-39-25(56)20(51)32(72-41)15(8-46)65-39/h10-34,36-58H,2-9H2,1H3,(H,59,60)/t10?,11-,12-,13-,14-,15-,16-,17-,18-,19-,20-,21-,22-,23-,24-,25-,26-,27-,28-,29-,30-,31-,32-,33+,34-,36-,37-,38-,39-,40-,41-/m1/s1. The molecule has 0 aromatic carbocycles. The van der Waals surface area contributed by atoms with Crippen LogP contribution in [0.25, 0.3) is 0 Å². The van der Waals surface area contributed by atoms with Crippen molar-refractivity contribution in [3.8, 4) is 0 Å². The molecular weight excluding hydrogens is 1000 g/mol. The van der Waals surface area contributed by atoms with Crippen LogP contribution in [0, 0.1) is 0 Å². The number of ether oxygens (including phenoxy) is 13. The van der Waals surface area contributed by atoms with E-state index in [-0.39, 0.29) is 12.8 Å². The van der Waals surface area contributed by atoms with Crippen LogP contribution in [0.5, 0.6) is 0 Å². The van der Waals surface area contributed by atoms with E-state index in [0.29, 0.717) is 0 Å². The molecule has 12 bridgehead atoms. The Bertz CT molecular complexity index is 1710. The van der Waals surface area contributed by atoms with Crippen LogP contribution in [-0.4, -0.2) is 328 Å². The van der Waals surface area contributed by atoms with Gasteiger partial charge in [0.05, 0.1) is 39.6 Å². The number of carboxylic acids is 1.